The summed E-state index contributed by atoms with van der Waals surface area (Å²) in [7, 11) is -2.98. The number of carbonyl (C=O) groups is 1. The lowest BCUT2D eigenvalue weighted by molar-refractivity contribution is -0.121. The summed E-state index contributed by atoms with van der Waals surface area (Å²) in [6.45, 7) is 1.76. The molecule has 140 valence electrons. The summed E-state index contributed by atoms with van der Waals surface area (Å²) >= 11 is 0. The summed E-state index contributed by atoms with van der Waals surface area (Å²) in [5.74, 6) is 0.436. The Morgan fingerprint density at radius 2 is 2.04 bits per heavy atom. The Morgan fingerprint density at radius 1 is 1.22 bits per heavy atom. The summed E-state index contributed by atoms with van der Waals surface area (Å²) in [6, 6.07) is 13.9. The maximum absolute atomic E-state index is 12.0. The fraction of sp³-hybridized carbons (Fsp3) is 0.300. The SMILES string of the molecule is C/C(=N\NC(=O)CC1CCS(=O)(=O)C1)c1cc2c(ccc3ccccc32)o1. The van der Waals surface area contributed by atoms with Crippen molar-refractivity contribution in [3.05, 3.63) is 48.2 Å². The molecule has 1 saturated heterocycles. The average molecular weight is 384 g/mol. The van der Waals surface area contributed by atoms with Gasteiger partial charge < -0.3 is 4.42 Å². The monoisotopic (exact) mass is 384 g/mol. The van der Waals surface area contributed by atoms with E-state index in [0.29, 0.717) is 17.9 Å². The van der Waals surface area contributed by atoms with Crippen molar-refractivity contribution in [2.75, 3.05) is 11.5 Å². The molecule has 6 nitrogen and oxygen atoms in total. The Balaban J connectivity index is 1.49. The number of hydrogen-bond donors (Lipinski definition) is 1. The van der Waals surface area contributed by atoms with Gasteiger partial charge in [0.25, 0.3) is 0 Å². The number of sulfone groups is 1. The zero-order valence-electron chi connectivity index (χ0n) is 14.9. The first-order chi connectivity index (χ1) is 12.9. The van der Waals surface area contributed by atoms with Crippen LogP contribution in [0.1, 0.15) is 25.5 Å². The summed E-state index contributed by atoms with van der Waals surface area (Å²) in [5.41, 5.74) is 3.83. The lowest BCUT2D eigenvalue weighted by Gasteiger charge is -2.05. The van der Waals surface area contributed by atoms with Crippen LogP contribution in [0, 0.1) is 5.92 Å². The van der Waals surface area contributed by atoms with Crippen molar-refractivity contribution in [3.63, 3.8) is 0 Å². The van der Waals surface area contributed by atoms with E-state index in [1.54, 1.807) is 6.92 Å². The van der Waals surface area contributed by atoms with Gasteiger partial charge in [0.05, 0.1) is 11.5 Å². The minimum Gasteiger partial charge on any atom is -0.455 e. The molecule has 0 aliphatic carbocycles. The van der Waals surface area contributed by atoms with Crippen LogP contribution in [0.2, 0.25) is 0 Å². The van der Waals surface area contributed by atoms with Crippen LogP contribution < -0.4 is 5.43 Å². The van der Waals surface area contributed by atoms with Crippen LogP contribution in [0.3, 0.4) is 0 Å². The largest absolute Gasteiger partial charge is 0.455 e. The van der Waals surface area contributed by atoms with Gasteiger partial charge in [-0.15, -0.1) is 0 Å². The summed E-state index contributed by atoms with van der Waals surface area (Å²) in [6.07, 6.45) is 0.704. The van der Waals surface area contributed by atoms with Gasteiger partial charge >= 0.3 is 0 Å². The Bertz CT molecular complexity index is 1160. The number of rotatable bonds is 4. The van der Waals surface area contributed by atoms with Gasteiger partial charge in [-0.2, -0.15) is 5.10 Å². The molecule has 0 radical (unpaired) electrons. The van der Waals surface area contributed by atoms with Crippen LogP contribution in [-0.2, 0) is 14.6 Å². The predicted octanol–water partition coefficient (Wildman–Crippen LogP) is 3.25. The topological polar surface area (TPSA) is 88.7 Å². The van der Waals surface area contributed by atoms with E-state index < -0.39 is 9.84 Å². The average Bonchev–Trinajstić information content (AvgIpc) is 3.22. The number of hydrogen-bond acceptors (Lipinski definition) is 5. The minimum atomic E-state index is -2.98. The van der Waals surface area contributed by atoms with Crippen LogP contribution >= 0.6 is 0 Å². The van der Waals surface area contributed by atoms with E-state index in [9.17, 15) is 13.2 Å². The van der Waals surface area contributed by atoms with E-state index in [2.05, 4.69) is 10.5 Å². The van der Waals surface area contributed by atoms with Gasteiger partial charge in [-0.1, -0.05) is 30.3 Å². The molecule has 0 bridgehead atoms. The molecule has 1 N–H and O–H groups in total. The second-order valence-electron chi connectivity index (χ2n) is 7.01. The number of hydrazone groups is 1. The van der Waals surface area contributed by atoms with Gasteiger partial charge in [-0.25, -0.2) is 13.8 Å². The molecular formula is C20H20N2O4S. The first-order valence-electron chi connectivity index (χ1n) is 8.86. The number of fused-ring (bicyclic) bond motifs is 3. The smallest absolute Gasteiger partial charge is 0.240 e. The summed E-state index contributed by atoms with van der Waals surface area (Å²) in [5, 5.41) is 7.35. The molecule has 1 aliphatic rings. The highest BCUT2D eigenvalue weighted by Gasteiger charge is 2.29. The van der Waals surface area contributed by atoms with Gasteiger partial charge in [0.1, 0.15) is 11.3 Å². The summed E-state index contributed by atoms with van der Waals surface area (Å²) in [4.78, 5) is 12.0. The molecule has 1 unspecified atom stereocenters. The van der Waals surface area contributed by atoms with E-state index >= 15 is 0 Å². The minimum absolute atomic E-state index is 0.0831. The van der Waals surface area contributed by atoms with Crippen molar-refractivity contribution >= 4 is 43.2 Å². The van der Waals surface area contributed by atoms with Crippen molar-refractivity contribution in [1.82, 2.24) is 5.43 Å². The number of furan rings is 1. The van der Waals surface area contributed by atoms with E-state index in [1.165, 1.54) is 0 Å². The number of carbonyl (C=O) groups excluding carboxylic acids is 1. The molecule has 1 fully saturated rings. The molecule has 4 rings (SSSR count). The predicted molar refractivity (Wildman–Crippen MR) is 105 cm³/mol. The second-order valence-corrected chi connectivity index (χ2v) is 9.24. The van der Waals surface area contributed by atoms with Crippen molar-refractivity contribution in [3.8, 4) is 0 Å². The first-order valence-corrected chi connectivity index (χ1v) is 10.7. The number of nitrogens with one attached hydrogen (secondary N) is 1. The van der Waals surface area contributed by atoms with Crippen molar-refractivity contribution in [2.24, 2.45) is 11.0 Å². The molecule has 27 heavy (non-hydrogen) atoms. The highest BCUT2D eigenvalue weighted by molar-refractivity contribution is 7.91. The maximum atomic E-state index is 12.0. The Morgan fingerprint density at radius 3 is 2.81 bits per heavy atom. The van der Waals surface area contributed by atoms with Crippen LogP contribution in [0.5, 0.6) is 0 Å². The molecule has 3 aromatic rings. The molecule has 0 saturated carbocycles. The third-order valence-electron chi connectivity index (χ3n) is 4.93. The van der Waals surface area contributed by atoms with Crippen molar-refractivity contribution in [2.45, 2.75) is 19.8 Å². The van der Waals surface area contributed by atoms with Gasteiger partial charge in [0, 0.05) is 11.8 Å². The Hall–Kier alpha value is -2.67. The van der Waals surface area contributed by atoms with Crippen LogP contribution in [0.15, 0.2) is 52.0 Å². The second kappa shape index (κ2) is 6.81. The van der Waals surface area contributed by atoms with Crippen molar-refractivity contribution < 1.29 is 17.6 Å². The Labute approximate surface area is 157 Å². The Kier molecular flexibility index (Phi) is 4.47. The standard InChI is InChI=1S/C20H20N2O4S/c1-13(21-22-20(23)10-14-8-9-27(24,25)12-14)19-11-17-16-5-3-2-4-15(16)6-7-18(17)26-19/h2-7,11,14H,8-10,12H2,1H3,(H,22,23)/b21-13+. The van der Waals surface area contributed by atoms with Crippen LogP contribution in [-0.4, -0.2) is 31.5 Å². The quantitative estimate of drug-likeness (QED) is 0.552. The first kappa shape index (κ1) is 17.7. The maximum Gasteiger partial charge on any atom is 0.240 e. The molecule has 1 atom stereocenters. The van der Waals surface area contributed by atoms with E-state index in [1.807, 2.05) is 42.5 Å². The van der Waals surface area contributed by atoms with Crippen molar-refractivity contribution in [1.29, 1.82) is 0 Å². The third-order valence-corrected chi connectivity index (χ3v) is 6.77. The third kappa shape index (κ3) is 3.73. The van der Waals surface area contributed by atoms with E-state index in [4.69, 9.17) is 4.42 Å². The normalized spacial score (nSPS) is 19.6. The fourth-order valence-corrected chi connectivity index (χ4v) is 5.37. The molecule has 2 heterocycles. The number of amides is 1. The van der Waals surface area contributed by atoms with Gasteiger partial charge in [0.2, 0.25) is 5.91 Å². The number of benzene rings is 2. The van der Waals surface area contributed by atoms with Gasteiger partial charge in [-0.3, -0.25) is 4.79 Å². The zero-order valence-corrected chi connectivity index (χ0v) is 15.8. The lowest BCUT2D eigenvalue weighted by Crippen LogP contribution is -2.22. The molecule has 1 aromatic heterocycles. The molecule has 0 spiro atoms. The number of nitrogens with zero attached hydrogens (tertiary/aromatic N) is 1. The molecule has 1 aliphatic heterocycles. The van der Waals surface area contributed by atoms with Gasteiger partial charge in [0.15, 0.2) is 15.6 Å². The van der Waals surface area contributed by atoms with Crippen LogP contribution in [0.4, 0.5) is 0 Å². The van der Waals surface area contributed by atoms with Crippen LogP contribution in [0.25, 0.3) is 21.7 Å². The highest BCUT2D eigenvalue weighted by Crippen LogP contribution is 2.28. The molecular weight excluding hydrogens is 364 g/mol. The van der Waals surface area contributed by atoms with Gasteiger partial charge in [-0.05, 0) is 42.2 Å². The fourth-order valence-electron chi connectivity index (χ4n) is 3.51. The molecule has 2 aromatic carbocycles. The molecule has 1 amide bonds. The van der Waals surface area contributed by atoms with E-state index in [-0.39, 0.29) is 29.8 Å². The highest BCUT2D eigenvalue weighted by atomic mass is 32.2. The van der Waals surface area contributed by atoms with E-state index in [0.717, 1.165) is 21.7 Å². The zero-order chi connectivity index (χ0) is 19.0. The summed E-state index contributed by atoms with van der Waals surface area (Å²) < 4.78 is 28.8. The molecule has 7 heteroatoms. The lowest BCUT2D eigenvalue weighted by atomic mass is 10.1.